The molecule has 0 bridgehead atoms. The van der Waals surface area contributed by atoms with Crippen molar-refractivity contribution >= 4 is 23.0 Å². The zero-order chi connectivity index (χ0) is 17.7. The number of nitro benzene ring substituents is 1. The van der Waals surface area contributed by atoms with Gasteiger partial charge in [-0.1, -0.05) is 0 Å². The second-order valence-corrected chi connectivity index (χ2v) is 5.38. The summed E-state index contributed by atoms with van der Waals surface area (Å²) in [4.78, 5) is 24.2. The van der Waals surface area contributed by atoms with Gasteiger partial charge >= 0.3 is 0 Å². The van der Waals surface area contributed by atoms with Gasteiger partial charge in [0.05, 0.1) is 10.6 Å². The maximum Gasteiger partial charge on any atom is 0.271 e. The number of hydrogen-bond acceptors (Lipinski definition) is 5. The minimum atomic E-state index is -0.463. The third-order valence-corrected chi connectivity index (χ3v) is 3.47. The van der Waals surface area contributed by atoms with E-state index in [1.165, 1.54) is 12.1 Å². The Kier molecular flexibility index (Phi) is 5.26. The van der Waals surface area contributed by atoms with Crippen LogP contribution in [0.4, 0.5) is 11.4 Å². The number of hydrogen-bond donors (Lipinski definition) is 1. The van der Waals surface area contributed by atoms with Crippen molar-refractivity contribution in [2.75, 3.05) is 19.0 Å². The molecule has 0 aliphatic rings. The second-order valence-electron chi connectivity index (χ2n) is 5.38. The molecule has 0 atom stereocenters. The second kappa shape index (κ2) is 7.36. The smallest absolute Gasteiger partial charge is 0.271 e. The molecule has 0 saturated heterocycles. The molecule has 2 aromatic carbocycles. The Hall–Kier alpha value is -3.22. The summed E-state index contributed by atoms with van der Waals surface area (Å²) in [7, 11) is 3.85. The molecule has 0 aromatic heterocycles. The molecular formula is C17H18N4O3. The van der Waals surface area contributed by atoms with Gasteiger partial charge in [0, 0.05) is 37.5 Å². The van der Waals surface area contributed by atoms with Crippen LogP contribution in [0, 0.1) is 10.1 Å². The minimum Gasteiger partial charge on any atom is -0.378 e. The van der Waals surface area contributed by atoms with Crippen LogP contribution in [0.15, 0.2) is 53.6 Å². The van der Waals surface area contributed by atoms with Crippen LogP contribution >= 0.6 is 0 Å². The lowest BCUT2D eigenvalue weighted by Gasteiger charge is -2.12. The van der Waals surface area contributed by atoms with E-state index in [-0.39, 0.29) is 11.6 Å². The van der Waals surface area contributed by atoms with Crippen molar-refractivity contribution in [2.45, 2.75) is 6.92 Å². The van der Waals surface area contributed by atoms with E-state index in [1.807, 2.05) is 31.1 Å². The van der Waals surface area contributed by atoms with Gasteiger partial charge in [-0.25, -0.2) is 5.43 Å². The summed E-state index contributed by atoms with van der Waals surface area (Å²) < 4.78 is 0. The largest absolute Gasteiger partial charge is 0.378 e. The van der Waals surface area contributed by atoms with Crippen molar-refractivity contribution in [3.63, 3.8) is 0 Å². The minimum absolute atomic E-state index is 0.0107. The SMILES string of the molecule is CC(=NNC(=O)c1ccc(N(C)C)cc1)c1ccc([N+](=O)[O-])cc1. The highest BCUT2D eigenvalue weighted by Crippen LogP contribution is 2.13. The molecule has 7 nitrogen and oxygen atoms in total. The average molecular weight is 326 g/mol. The van der Waals surface area contributed by atoms with Gasteiger partial charge in [0.2, 0.25) is 0 Å². The molecule has 1 amide bonds. The van der Waals surface area contributed by atoms with Gasteiger partial charge in [-0.2, -0.15) is 5.10 Å². The number of nitrogens with zero attached hydrogens (tertiary/aromatic N) is 3. The highest BCUT2D eigenvalue weighted by atomic mass is 16.6. The maximum absolute atomic E-state index is 12.1. The van der Waals surface area contributed by atoms with Gasteiger partial charge < -0.3 is 4.90 Å². The molecule has 0 saturated carbocycles. The van der Waals surface area contributed by atoms with Crippen molar-refractivity contribution in [2.24, 2.45) is 5.10 Å². The number of benzene rings is 2. The lowest BCUT2D eigenvalue weighted by molar-refractivity contribution is -0.384. The lowest BCUT2D eigenvalue weighted by atomic mass is 10.1. The van der Waals surface area contributed by atoms with Gasteiger partial charge in [0.15, 0.2) is 0 Å². The molecule has 0 heterocycles. The monoisotopic (exact) mass is 326 g/mol. The maximum atomic E-state index is 12.1. The normalized spacial score (nSPS) is 11.0. The Balaban J connectivity index is 2.05. The summed E-state index contributed by atoms with van der Waals surface area (Å²) >= 11 is 0. The number of anilines is 1. The predicted octanol–water partition coefficient (Wildman–Crippen LogP) is 2.81. The first-order valence-corrected chi connectivity index (χ1v) is 7.25. The molecule has 0 radical (unpaired) electrons. The highest BCUT2D eigenvalue weighted by Gasteiger charge is 2.07. The van der Waals surface area contributed by atoms with Crippen LogP contribution in [0.3, 0.4) is 0 Å². The van der Waals surface area contributed by atoms with E-state index in [1.54, 1.807) is 31.2 Å². The lowest BCUT2D eigenvalue weighted by Crippen LogP contribution is -2.19. The van der Waals surface area contributed by atoms with Crippen LogP contribution in [-0.4, -0.2) is 30.6 Å². The Morgan fingerprint density at radius 3 is 2.08 bits per heavy atom. The molecule has 7 heteroatoms. The van der Waals surface area contributed by atoms with E-state index in [2.05, 4.69) is 10.5 Å². The van der Waals surface area contributed by atoms with E-state index in [4.69, 9.17) is 0 Å². The summed E-state index contributed by atoms with van der Waals surface area (Å²) in [5.74, 6) is -0.318. The third kappa shape index (κ3) is 4.16. The molecule has 124 valence electrons. The Morgan fingerprint density at radius 2 is 1.58 bits per heavy atom. The molecule has 24 heavy (non-hydrogen) atoms. The van der Waals surface area contributed by atoms with E-state index < -0.39 is 4.92 Å². The quantitative estimate of drug-likeness (QED) is 0.520. The van der Waals surface area contributed by atoms with Gasteiger partial charge in [-0.05, 0) is 48.9 Å². The number of amides is 1. The first-order chi connectivity index (χ1) is 11.4. The van der Waals surface area contributed by atoms with Gasteiger partial charge in [-0.15, -0.1) is 0 Å². The molecule has 0 unspecified atom stereocenters. The summed E-state index contributed by atoms with van der Waals surface area (Å²) in [5, 5.41) is 14.7. The van der Waals surface area contributed by atoms with E-state index in [9.17, 15) is 14.9 Å². The van der Waals surface area contributed by atoms with Crippen molar-refractivity contribution in [1.29, 1.82) is 0 Å². The van der Waals surface area contributed by atoms with Gasteiger partial charge in [0.1, 0.15) is 0 Å². The number of non-ortho nitro benzene ring substituents is 1. The standard InChI is InChI=1S/C17H18N4O3/c1-12(13-4-10-16(11-5-13)21(23)24)18-19-17(22)14-6-8-15(9-7-14)20(2)3/h4-11H,1-3H3,(H,19,22). The number of nitro groups is 1. The zero-order valence-electron chi connectivity index (χ0n) is 13.7. The van der Waals surface area contributed by atoms with Crippen LogP contribution in [0.5, 0.6) is 0 Å². The van der Waals surface area contributed by atoms with Crippen LogP contribution in [-0.2, 0) is 0 Å². The number of carbonyl (C=O) groups is 1. The topological polar surface area (TPSA) is 87.8 Å². The summed E-state index contributed by atoms with van der Waals surface area (Å²) in [6.45, 7) is 1.72. The molecule has 2 aromatic rings. The van der Waals surface area contributed by atoms with Crippen molar-refractivity contribution < 1.29 is 9.72 Å². The van der Waals surface area contributed by atoms with Crippen molar-refractivity contribution in [3.05, 3.63) is 69.8 Å². The molecular weight excluding hydrogens is 308 g/mol. The fraction of sp³-hybridized carbons (Fsp3) is 0.176. The fourth-order valence-electron chi connectivity index (χ4n) is 2.00. The molecule has 0 fully saturated rings. The number of rotatable bonds is 5. The Bertz CT molecular complexity index is 765. The van der Waals surface area contributed by atoms with Crippen LogP contribution in [0.25, 0.3) is 0 Å². The van der Waals surface area contributed by atoms with Crippen LogP contribution in [0.2, 0.25) is 0 Å². The predicted molar refractivity (Wildman–Crippen MR) is 93.5 cm³/mol. The van der Waals surface area contributed by atoms with E-state index in [0.717, 1.165) is 5.69 Å². The average Bonchev–Trinajstić information content (AvgIpc) is 2.59. The van der Waals surface area contributed by atoms with Crippen LogP contribution in [0.1, 0.15) is 22.8 Å². The molecule has 1 N–H and O–H groups in total. The summed E-state index contributed by atoms with van der Waals surface area (Å²) in [6.07, 6.45) is 0. The van der Waals surface area contributed by atoms with Crippen LogP contribution < -0.4 is 10.3 Å². The van der Waals surface area contributed by atoms with Crippen molar-refractivity contribution in [3.8, 4) is 0 Å². The summed E-state index contributed by atoms with van der Waals surface area (Å²) in [6, 6.07) is 13.1. The Morgan fingerprint density at radius 1 is 1.04 bits per heavy atom. The first kappa shape index (κ1) is 17.1. The number of carbonyl (C=O) groups excluding carboxylic acids is 1. The molecule has 0 aliphatic heterocycles. The Labute approximate surface area is 139 Å². The molecule has 0 spiro atoms. The molecule has 0 aliphatic carbocycles. The molecule has 2 rings (SSSR count). The van der Waals surface area contributed by atoms with Gasteiger partial charge in [0.25, 0.3) is 11.6 Å². The van der Waals surface area contributed by atoms with E-state index in [0.29, 0.717) is 16.8 Å². The first-order valence-electron chi connectivity index (χ1n) is 7.25. The van der Waals surface area contributed by atoms with E-state index >= 15 is 0 Å². The third-order valence-electron chi connectivity index (χ3n) is 3.47. The fourth-order valence-corrected chi connectivity index (χ4v) is 2.00. The van der Waals surface area contributed by atoms with Gasteiger partial charge in [-0.3, -0.25) is 14.9 Å². The zero-order valence-corrected chi connectivity index (χ0v) is 13.7. The number of hydrazone groups is 1. The van der Waals surface area contributed by atoms with Crippen molar-refractivity contribution in [1.82, 2.24) is 5.43 Å². The number of nitrogens with one attached hydrogen (secondary N) is 1. The summed E-state index contributed by atoms with van der Waals surface area (Å²) in [5.41, 5.74) is 5.25. The highest BCUT2D eigenvalue weighted by molar-refractivity contribution is 6.01.